The number of para-hydroxylation sites is 1. The molecule has 8 nitrogen and oxygen atoms in total. The molecule has 2 N–H and O–H groups in total. The molecule has 2 aliphatic heterocycles. The van der Waals surface area contributed by atoms with Gasteiger partial charge in [-0.1, -0.05) is 34.1 Å². The van der Waals surface area contributed by atoms with Crippen molar-refractivity contribution in [1.29, 1.82) is 0 Å². The van der Waals surface area contributed by atoms with Crippen molar-refractivity contribution < 1.29 is 19.2 Å². The molecule has 0 aromatic heterocycles. The molecule has 166 valence electrons. The fourth-order valence-electron chi connectivity index (χ4n) is 3.93. The number of halogens is 1. The van der Waals surface area contributed by atoms with Crippen LogP contribution in [0.4, 0.5) is 10.5 Å². The van der Waals surface area contributed by atoms with Crippen molar-refractivity contribution in [3.63, 3.8) is 0 Å². The number of likely N-dealkylation sites (tertiary alicyclic amines) is 1. The second-order valence-corrected chi connectivity index (χ2v) is 8.74. The Morgan fingerprint density at radius 1 is 0.969 bits per heavy atom. The molecule has 1 fully saturated rings. The van der Waals surface area contributed by atoms with Gasteiger partial charge >= 0.3 is 6.03 Å². The van der Waals surface area contributed by atoms with Crippen LogP contribution in [0.25, 0.3) is 0 Å². The number of rotatable bonds is 5. The highest BCUT2D eigenvalue weighted by atomic mass is 79.9. The second kappa shape index (κ2) is 9.52. The van der Waals surface area contributed by atoms with Gasteiger partial charge in [-0.2, -0.15) is 0 Å². The van der Waals surface area contributed by atoms with Gasteiger partial charge in [0.15, 0.2) is 0 Å². The van der Waals surface area contributed by atoms with Crippen molar-refractivity contribution >= 4 is 45.4 Å². The summed E-state index contributed by atoms with van der Waals surface area (Å²) in [6, 6.07) is 14.0. The Morgan fingerprint density at radius 3 is 2.38 bits per heavy atom. The highest BCUT2D eigenvalue weighted by molar-refractivity contribution is 9.10. The van der Waals surface area contributed by atoms with Crippen LogP contribution in [-0.4, -0.2) is 59.2 Å². The Bertz CT molecular complexity index is 1050. The molecule has 0 saturated carbocycles. The maximum atomic E-state index is 12.5. The van der Waals surface area contributed by atoms with E-state index in [2.05, 4.69) is 26.6 Å². The minimum absolute atomic E-state index is 0.0358. The molecule has 9 heteroatoms. The predicted octanol–water partition coefficient (Wildman–Crippen LogP) is 3.25. The van der Waals surface area contributed by atoms with Crippen LogP contribution >= 0.6 is 15.9 Å². The van der Waals surface area contributed by atoms with Gasteiger partial charge in [-0.3, -0.25) is 19.3 Å². The van der Waals surface area contributed by atoms with E-state index >= 15 is 0 Å². The third-order valence-electron chi connectivity index (χ3n) is 5.67. The zero-order valence-electron chi connectivity index (χ0n) is 17.3. The number of imide groups is 1. The number of urea groups is 1. The number of amides is 5. The fourth-order valence-corrected chi connectivity index (χ4v) is 4.29. The normalized spacial score (nSPS) is 16.2. The van der Waals surface area contributed by atoms with E-state index in [1.807, 2.05) is 30.3 Å². The average molecular weight is 499 g/mol. The molecule has 2 aliphatic rings. The summed E-state index contributed by atoms with van der Waals surface area (Å²) in [5.74, 6) is -0.963. The van der Waals surface area contributed by atoms with E-state index in [1.165, 1.54) is 0 Å². The van der Waals surface area contributed by atoms with Crippen LogP contribution < -0.4 is 10.6 Å². The van der Waals surface area contributed by atoms with E-state index in [-0.39, 0.29) is 42.8 Å². The number of carbonyl (C=O) groups excluding carboxylic acids is 4. The number of hydrogen-bond donors (Lipinski definition) is 2. The van der Waals surface area contributed by atoms with Gasteiger partial charge in [-0.15, -0.1) is 0 Å². The minimum atomic E-state index is -0.378. The number of nitrogens with one attached hydrogen (secondary N) is 2. The highest BCUT2D eigenvalue weighted by Crippen LogP contribution is 2.26. The van der Waals surface area contributed by atoms with Crippen molar-refractivity contribution in [2.24, 2.45) is 0 Å². The lowest BCUT2D eigenvalue weighted by atomic mass is 10.1. The summed E-state index contributed by atoms with van der Waals surface area (Å²) in [6.45, 7) is 1.11. The first kappa shape index (κ1) is 22.0. The largest absolute Gasteiger partial charge is 0.353 e. The maximum absolute atomic E-state index is 12.5. The van der Waals surface area contributed by atoms with Crippen molar-refractivity contribution in [2.75, 3.05) is 25.0 Å². The molecular formula is C23H23BrN4O4. The highest BCUT2D eigenvalue weighted by Gasteiger charge is 2.35. The summed E-state index contributed by atoms with van der Waals surface area (Å²) in [5, 5.41) is 5.82. The van der Waals surface area contributed by atoms with Crippen LogP contribution in [0.2, 0.25) is 0 Å². The van der Waals surface area contributed by atoms with Crippen LogP contribution in [-0.2, 0) is 4.79 Å². The van der Waals surface area contributed by atoms with E-state index in [0.717, 1.165) is 15.1 Å². The molecule has 5 amide bonds. The van der Waals surface area contributed by atoms with Crippen LogP contribution in [0.15, 0.2) is 53.0 Å². The zero-order valence-corrected chi connectivity index (χ0v) is 18.9. The Balaban J connectivity index is 1.22. The number of nitrogens with zero attached hydrogens (tertiary/aromatic N) is 2. The molecule has 0 bridgehead atoms. The maximum Gasteiger partial charge on any atom is 0.321 e. The molecule has 0 aliphatic carbocycles. The van der Waals surface area contributed by atoms with Gasteiger partial charge in [-0.25, -0.2) is 4.79 Å². The first-order valence-corrected chi connectivity index (χ1v) is 11.3. The molecule has 2 aromatic rings. The van der Waals surface area contributed by atoms with E-state index < -0.39 is 0 Å². The molecule has 0 unspecified atom stereocenters. The summed E-state index contributed by atoms with van der Waals surface area (Å²) in [5.41, 5.74) is 1.46. The number of benzene rings is 2. The minimum Gasteiger partial charge on any atom is -0.353 e. The van der Waals surface area contributed by atoms with Gasteiger partial charge in [0.05, 0.1) is 11.1 Å². The van der Waals surface area contributed by atoms with Crippen LogP contribution in [0, 0.1) is 0 Å². The zero-order chi connectivity index (χ0) is 22.7. The Labute approximate surface area is 194 Å². The SMILES string of the molecule is O=C(CCN1C(=O)c2ccc(Br)cc2C1=O)NC1CCN(C(=O)Nc2ccccc2)CC1. The molecule has 2 aromatic carbocycles. The number of piperidine rings is 1. The van der Waals surface area contributed by atoms with Gasteiger partial charge in [0, 0.05) is 42.3 Å². The molecule has 0 atom stereocenters. The van der Waals surface area contributed by atoms with E-state index in [1.54, 1.807) is 23.1 Å². The van der Waals surface area contributed by atoms with E-state index in [0.29, 0.717) is 37.1 Å². The predicted molar refractivity (Wildman–Crippen MR) is 122 cm³/mol. The van der Waals surface area contributed by atoms with Gasteiger partial charge in [-0.05, 0) is 43.2 Å². The molecule has 0 radical (unpaired) electrons. The summed E-state index contributed by atoms with van der Waals surface area (Å²) >= 11 is 3.30. The first-order chi connectivity index (χ1) is 15.4. The lowest BCUT2D eigenvalue weighted by Crippen LogP contribution is -2.48. The molecule has 1 saturated heterocycles. The molecule has 32 heavy (non-hydrogen) atoms. The number of carbonyl (C=O) groups is 4. The second-order valence-electron chi connectivity index (χ2n) is 7.83. The number of hydrogen-bond acceptors (Lipinski definition) is 4. The first-order valence-electron chi connectivity index (χ1n) is 10.5. The van der Waals surface area contributed by atoms with Crippen molar-refractivity contribution in [3.05, 3.63) is 64.1 Å². The van der Waals surface area contributed by atoms with Crippen LogP contribution in [0.5, 0.6) is 0 Å². The quantitative estimate of drug-likeness (QED) is 0.618. The molecule has 2 heterocycles. The lowest BCUT2D eigenvalue weighted by Gasteiger charge is -2.32. The van der Waals surface area contributed by atoms with E-state index in [9.17, 15) is 19.2 Å². The Hall–Kier alpha value is -3.20. The van der Waals surface area contributed by atoms with Crippen molar-refractivity contribution in [3.8, 4) is 0 Å². The summed E-state index contributed by atoms with van der Waals surface area (Å²) < 4.78 is 0.723. The van der Waals surface area contributed by atoms with E-state index in [4.69, 9.17) is 0 Å². The van der Waals surface area contributed by atoms with Gasteiger partial charge in [0.1, 0.15) is 0 Å². The van der Waals surface area contributed by atoms with Gasteiger partial charge < -0.3 is 15.5 Å². The third-order valence-corrected chi connectivity index (χ3v) is 6.16. The summed E-state index contributed by atoms with van der Waals surface area (Å²) in [6.07, 6.45) is 1.34. The van der Waals surface area contributed by atoms with Gasteiger partial charge in [0.2, 0.25) is 5.91 Å². The van der Waals surface area contributed by atoms with Crippen LogP contribution in [0.3, 0.4) is 0 Å². The molecular weight excluding hydrogens is 476 g/mol. The molecule has 0 spiro atoms. The third kappa shape index (κ3) is 4.83. The number of fused-ring (bicyclic) bond motifs is 1. The summed E-state index contributed by atoms with van der Waals surface area (Å²) in [7, 11) is 0. The number of anilines is 1. The average Bonchev–Trinajstić information content (AvgIpc) is 3.02. The van der Waals surface area contributed by atoms with Crippen molar-refractivity contribution in [1.82, 2.24) is 15.1 Å². The van der Waals surface area contributed by atoms with Gasteiger partial charge in [0.25, 0.3) is 11.8 Å². The smallest absolute Gasteiger partial charge is 0.321 e. The topological polar surface area (TPSA) is 98.8 Å². The van der Waals surface area contributed by atoms with Crippen LogP contribution in [0.1, 0.15) is 40.0 Å². The fraction of sp³-hybridized carbons (Fsp3) is 0.304. The standard InChI is InChI=1S/C23H23BrN4O4/c24-15-6-7-18-19(14-15)22(31)28(21(18)30)13-10-20(29)25-17-8-11-27(12-9-17)23(32)26-16-4-2-1-3-5-16/h1-7,14,17H,8-13H2,(H,25,29)(H,26,32). The summed E-state index contributed by atoms with van der Waals surface area (Å²) in [4.78, 5) is 52.6. The monoisotopic (exact) mass is 498 g/mol. The molecule has 4 rings (SSSR count). The Morgan fingerprint density at radius 2 is 1.66 bits per heavy atom. The Kier molecular flexibility index (Phi) is 6.55. The lowest BCUT2D eigenvalue weighted by molar-refractivity contribution is -0.122. The van der Waals surface area contributed by atoms with Crippen molar-refractivity contribution in [2.45, 2.75) is 25.3 Å².